The van der Waals surface area contributed by atoms with Crippen LogP contribution in [0.2, 0.25) is 0 Å². The number of nitrogens with zero attached hydrogens (tertiary/aromatic N) is 4. The minimum absolute atomic E-state index is 0.119. The number of carbonyl (C=O) groups is 1. The number of benzene rings is 1. The lowest BCUT2D eigenvalue weighted by Gasteiger charge is -2.08. The van der Waals surface area contributed by atoms with Crippen LogP contribution >= 0.6 is 31.9 Å². The molecule has 0 saturated carbocycles. The summed E-state index contributed by atoms with van der Waals surface area (Å²) < 4.78 is 5.35. The second-order valence-corrected chi connectivity index (χ2v) is 7.07. The molecule has 124 valence electrons. The van der Waals surface area contributed by atoms with Gasteiger partial charge in [-0.05, 0) is 49.6 Å². The van der Waals surface area contributed by atoms with E-state index in [-0.39, 0.29) is 5.91 Å². The normalized spacial score (nSPS) is 10.8. The summed E-state index contributed by atoms with van der Waals surface area (Å²) in [5.41, 5.74) is 2.55. The number of nitrogens with one attached hydrogen (secondary N) is 1. The molecular formula is C16H15Br2N5O. The van der Waals surface area contributed by atoms with Crippen molar-refractivity contribution < 1.29 is 4.79 Å². The number of amides is 1. The maximum absolute atomic E-state index is 12.4. The molecular weight excluding hydrogens is 438 g/mol. The van der Waals surface area contributed by atoms with E-state index in [0.29, 0.717) is 18.7 Å². The Labute approximate surface area is 156 Å². The molecule has 0 saturated heterocycles. The number of halogens is 2. The van der Waals surface area contributed by atoms with Crippen molar-refractivity contribution in [2.45, 2.75) is 13.1 Å². The van der Waals surface area contributed by atoms with Gasteiger partial charge in [0.05, 0.1) is 40.1 Å². The largest absolute Gasteiger partial charge is 0.346 e. The van der Waals surface area contributed by atoms with Gasteiger partial charge in [-0.25, -0.2) is 0 Å². The Morgan fingerprint density at radius 2 is 2.08 bits per heavy atom. The van der Waals surface area contributed by atoms with Gasteiger partial charge in [0.2, 0.25) is 0 Å². The van der Waals surface area contributed by atoms with Gasteiger partial charge in [0, 0.05) is 18.8 Å². The molecule has 24 heavy (non-hydrogen) atoms. The lowest BCUT2D eigenvalue weighted by Crippen LogP contribution is -2.24. The molecule has 1 aromatic carbocycles. The number of hydrogen-bond donors (Lipinski definition) is 1. The zero-order chi connectivity index (χ0) is 17.1. The number of carbonyl (C=O) groups excluding carboxylic acids is 1. The topological polar surface area (TPSA) is 64.7 Å². The molecule has 1 amide bonds. The second kappa shape index (κ2) is 7.31. The molecule has 0 radical (unpaired) electrons. The monoisotopic (exact) mass is 451 g/mol. The third-order valence-corrected chi connectivity index (χ3v) is 4.63. The SMILES string of the molecule is Cn1ncc(Br)c1CNC(=O)c1cccc(Cn2cc(Br)cn2)c1. The molecule has 0 aliphatic heterocycles. The van der Waals surface area contributed by atoms with Crippen LogP contribution in [0.15, 0.2) is 51.8 Å². The minimum Gasteiger partial charge on any atom is -0.346 e. The first kappa shape index (κ1) is 16.9. The van der Waals surface area contributed by atoms with Crippen LogP contribution in [0.1, 0.15) is 21.6 Å². The van der Waals surface area contributed by atoms with Gasteiger partial charge in [-0.2, -0.15) is 10.2 Å². The van der Waals surface area contributed by atoms with Crippen LogP contribution in [0.3, 0.4) is 0 Å². The fourth-order valence-corrected chi connectivity index (χ4v) is 3.14. The highest BCUT2D eigenvalue weighted by Gasteiger charge is 2.10. The molecule has 0 unspecified atom stereocenters. The molecule has 2 aromatic heterocycles. The Kier molecular flexibility index (Phi) is 5.15. The highest BCUT2D eigenvalue weighted by Crippen LogP contribution is 2.15. The summed E-state index contributed by atoms with van der Waals surface area (Å²) in [7, 11) is 1.84. The van der Waals surface area contributed by atoms with Crippen molar-refractivity contribution >= 4 is 37.8 Å². The summed E-state index contributed by atoms with van der Waals surface area (Å²) in [6, 6.07) is 7.53. The summed E-state index contributed by atoms with van der Waals surface area (Å²) >= 11 is 6.80. The lowest BCUT2D eigenvalue weighted by atomic mass is 10.1. The van der Waals surface area contributed by atoms with Crippen LogP contribution in [0.5, 0.6) is 0 Å². The van der Waals surface area contributed by atoms with Gasteiger partial charge in [0.1, 0.15) is 0 Å². The Balaban J connectivity index is 1.68. The van der Waals surface area contributed by atoms with Crippen LogP contribution in [0.4, 0.5) is 0 Å². The highest BCUT2D eigenvalue weighted by atomic mass is 79.9. The van der Waals surface area contributed by atoms with Crippen molar-refractivity contribution in [1.82, 2.24) is 24.9 Å². The second-order valence-electron chi connectivity index (χ2n) is 5.30. The van der Waals surface area contributed by atoms with E-state index in [1.165, 1.54) is 0 Å². The molecule has 0 bridgehead atoms. The standard InChI is InChI=1S/C16H15Br2N5O/c1-22-15(14(18)7-20-22)8-19-16(24)12-4-2-3-11(5-12)9-23-10-13(17)6-21-23/h2-7,10H,8-9H2,1H3,(H,19,24). The first-order valence-corrected chi connectivity index (χ1v) is 8.83. The van der Waals surface area contributed by atoms with E-state index in [1.54, 1.807) is 23.1 Å². The van der Waals surface area contributed by atoms with Crippen molar-refractivity contribution in [1.29, 1.82) is 0 Å². The van der Waals surface area contributed by atoms with E-state index in [0.717, 1.165) is 20.2 Å². The van der Waals surface area contributed by atoms with E-state index < -0.39 is 0 Å². The van der Waals surface area contributed by atoms with Crippen molar-refractivity contribution in [2.75, 3.05) is 0 Å². The third-order valence-electron chi connectivity index (χ3n) is 3.56. The first-order chi connectivity index (χ1) is 11.5. The van der Waals surface area contributed by atoms with Gasteiger partial charge in [-0.15, -0.1) is 0 Å². The van der Waals surface area contributed by atoms with Crippen molar-refractivity contribution in [3.05, 3.63) is 68.6 Å². The Morgan fingerprint density at radius 3 is 2.75 bits per heavy atom. The molecule has 0 fully saturated rings. The predicted octanol–water partition coefficient (Wildman–Crippen LogP) is 3.12. The first-order valence-electron chi connectivity index (χ1n) is 7.24. The predicted molar refractivity (Wildman–Crippen MR) is 97.5 cm³/mol. The maximum atomic E-state index is 12.4. The summed E-state index contributed by atoms with van der Waals surface area (Å²) in [6.07, 6.45) is 5.35. The maximum Gasteiger partial charge on any atom is 0.251 e. The minimum atomic E-state index is -0.119. The van der Waals surface area contributed by atoms with E-state index in [1.807, 2.05) is 36.1 Å². The van der Waals surface area contributed by atoms with Crippen molar-refractivity contribution in [2.24, 2.45) is 7.05 Å². The van der Waals surface area contributed by atoms with Gasteiger partial charge in [-0.1, -0.05) is 12.1 Å². The molecule has 6 nitrogen and oxygen atoms in total. The summed E-state index contributed by atoms with van der Waals surface area (Å²) in [5, 5.41) is 11.3. The average Bonchev–Trinajstić information content (AvgIpc) is 3.11. The van der Waals surface area contributed by atoms with Crippen LogP contribution in [-0.2, 0) is 20.1 Å². The van der Waals surface area contributed by atoms with Gasteiger partial charge < -0.3 is 5.32 Å². The smallest absolute Gasteiger partial charge is 0.251 e. The fourth-order valence-electron chi connectivity index (χ4n) is 2.32. The molecule has 1 N–H and O–H groups in total. The summed E-state index contributed by atoms with van der Waals surface area (Å²) in [6.45, 7) is 1.02. The number of hydrogen-bond acceptors (Lipinski definition) is 3. The molecule has 2 heterocycles. The lowest BCUT2D eigenvalue weighted by molar-refractivity contribution is 0.0950. The third kappa shape index (κ3) is 3.93. The Morgan fingerprint density at radius 1 is 1.25 bits per heavy atom. The number of aromatic nitrogens is 4. The highest BCUT2D eigenvalue weighted by molar-refractivity contribution is 9.10. The van der Waals surface area contributed by atoms with Crippen molar-refractivity contribution in [3.8, 4) is 0 Å². The molecule has 0 aliphatic rings. The van der Waals surface area contributed by atoms with Gasteiger partial charge >= 0.3 is 0 Å². The quantitative estimate of drug-likeness (QED) is 0.646. The molecule has 3 aromatic rings. The zero-order valence-electron chi connectivity index (χ0n) is 12.9. The Hall–Kier alpha value is -1.93. The zero-order valence-corrected chi connectivity index (χ0v) is 16.1. The average molecular weight is 453 g/mol. The molecule has 8 heteroatoms. The summed E-state index contributed by atoms with van der Waals surface area (Å²) in [5.74, 6) is -0.119. The van der Waals surface area contributed by atoms with Gasteiger partial charge in [0.25, 0.3) is 5.91 Å². The summed E-state index contributed by atoms with van der Waals surface area (Å²) in [4.78, 5) is 12.4. The fraction of sp³-hybridized carbons (Fsp3) is 0.188. The van der Waals surface area contributed by atoms with Crippen molar-refractivity contribution in [3.63, 3.8) is 0 Å². The van der Waals surface area contributed by atoms with Crippen LogP contribution < -0.4 is 5.32 Å². The number of rotatable bonds is 5. The van der Waals surface area contributed by atoms with Crippen LogP contribution in [0.25, 0.3) is 0 Å². The van der Waals surface area contributed by atoms with Gasteiger partial charge in [-0.3, -0.25) is 14.2 Å². The number of aryl methyl sites for hydroxylation is 1. The van der Waals surface area contributed by atoms with E-state index in [4.69, 9.17) is 0 Å². The van der Waals surface area contributed by atoms with Crippen LogP contribution in [0, 0.1) is 0 Å². The van der Waals surface area contributed by atoms with E-state index in [2.05, 4.69) is 47.4 Å². The molecule has 0 aliphatic carbocycles. The van der Waals surface area contributed by atoms with E-state index >= 15 is 0 Å². The molecule has 3 rings (SSSR count). The van der Waals surface area contributed by atoms with E-state index in [9.17, 15) is 4.79 Å². The Bertz CT molecular complexity index is 851. The molecule has 0 spiro atoms. The van der Waals surface area contributed by atoms with Crippen LogP contribution in [-0.4, -0.2) is 25.5 Å². The molecule has 0 atom stereocenters. The van der Waals surface area contributed by atoms with Gasteiger partial charge in [0.15, 0.2) is 0 Å².